The van der Waals surface area contributed by atoms with Crippen LogP contribution in [0.3, 0.4) is 0 Å². The number of hydrogen-bond acceptors (Lipinski definition) is 4. The molecule has 1 saturated heterocycles. The molecule has 0 unspecified atom stereocenters. The van der Waals surface area contributed by atoms with Crippen molar-refractivity contribution >= 4 is 34.8 Å². The summed E-state index contributed by atoms with van der Waals surface area (Å²) in [5, 5.41) is 3.40. The van der Waals surface area contributed by atoms with Crippen LogP contribution >= 0.6 is 11.6 Å². The molecule has 1 aliphatic rings. The van der Waals surface area contributed by atoms with Crippen molar-refractivity contribution in [2.75, 3.05) is 43.0 Å². The summed E-state index contributed by atoms with van der Waals surface area (Å²) in [6, 6.07) is 13.4. The Morgan fingerprint density at radius 3 is 2.34 bits per heavy atom. The molecule has 1 heterocycles. The van der Waals surface area contributed by atoms with Gasteiger partial charge in [-0.3, -0.25) is 9.59 Å². The third kappa shape index (κ3) is 6.16. The summed E-state index contributed by atoms with van der Waals surface area (Å²) in [7, 11) is 0. The highest BCUT2D eigenvalue weighted by atomic mass is 35.5. The van der Waals surface area contributed by atoms with E-state index in [4.69, 9.17) is 16.3 Å². The fraction of sp³-hybridized carbons (Fsp3) is 0.440. The van der Waals surface area contributed by atoms with Crippen LogP contribution in [0.2, 0.25) is 5.02 Å². The Morgan fingerprint density at radius 1 is 1.06 bits per heavy atom. The largest absolute Gasteiger partial charge is 0.484 e. The Morgan fingerprint density at radius 2 is 1.75 bits per heavy atom. The van der Waals surface area contributed by atoms with Gasteiger partial charge in [0.25, 0.3) is 5.91 Å². The van der Waals surface area contributed by atoms with E-state index in [1.807, 2.05) is 48.2 Å². The molecule has 2 amide bonds. The van der Waals surface area contributed by atoms with Crippen LogP contribution in [0.25, 0.3) is 0 Å². The minimum atomic E-state index is -0.244. The quantitative estimate of drug-likeness (QED) is 0.610. The molecule has 1 atom stereocenters. The molecular formula is C25H32ClN3O3. The molecule has 1 aliphatic heterocycles. The maximum absolute atomic E-state index is 12.3. The third-order valence-electron chi connectivity index (χ3n) is 5.94. The maximum Gasteiger partial charge on any atom is 0.262 e. The number of amides is 2. The van der Waals surface area contributed by atoms with E-state index >= 15 is 0 Å². The van der Waals surface area contributed by atoms with Gasteiger partial charge >= 0.3 is 0 Å². The summed E-state index contributed by atoms with van der Waals surface area (Å²) >= 11 is 6.49. The van der Waals surface area contributed by atoms with E-state index in [0.717, 1.165) is 25.2 Å². The summed E-state index contributed by atoms with van der Waals surface area (Å²) in [4.78, 5) is 28.2. The Kier molecular flexibility index (Phi) is 8.39. The third-order valence-corrected chi connectivity index (χ3v) is 6.24. The average Bonchev–Trinajstić information content (AvgIpc) is 2.82. The maximum atomic E-state index is 12.3. The zero-order chi connectivity index (χ0) is 23.1. The molecule has 6 nitrogen and oxygen atoms in total. The second-order valence-corrected chi connectivity index (χ2v) is 8.51. The molecule has 2 aromatic rings. The van der Waals surface area contributed by atoms with Gasteiger partial charge in [-0.2, -0.15) is 0 Å². The van der Waals surface area contributed by atoms with Gasteiger partial charge in [0.15, 0.2) is 6.61 Å². The minimum absolute atomic E-state index is 0.0739. The number of anilines is 2. The highest BCUT2D eigenvalue weighted by Crippen LogP contribution is 2.30. The van der Waals surface area contributed by atoms with Gasteiger partial charge < -0.3 is 19.9 Å². The summed E-state index contributed by atoms with van der Waals surface area (Å²) in [6.07, 6.45) is 1.61. The number of piperazine rings is 1. The predicted octanol–water partition coefficient (Wildman–Crippen LogP) is 4.93. The van der Waals surface area contributed by atoms with Gasteiger partial charge in [0.1, 0.15) is 5.75 Å². The number of carbonyl (C=O) groups is 2. The fourth-order valence-electron chi connectivity index (χ4n) is 3.74. The Bertz CT molecular complexity index is 925. The number of carbonyl (C=O) groups excluding carboxylic acids is 2. The first-order valence-corrected chi connectivity index (χ1v) is 11.6. The average molecular weight is 458 g/mol. The van der Waals surface area contributed by atoms with Crippen LogP contribution in [-0.2, 0) is 9.59 Å². The van der Waals surface area contributed by atoms with Gasteiger partial charge in [0, 0.05) is 38.3 Å². The van der Waals surface area contributed by atoms with Gasteiger partial charge in [-0.25, -0.2) is 0 Å². The number of rotatable bonds is 8. The molecule has 1 fully saturated rings. The second kappa shape index (κ2) is 11.2. The van der Waals surface area contributed by atoms with Crippen molar-refractivity contribution in [1.29, 1.82) is 0 Å². The highest BCUT2D eigenvalue weighted by molar-refractivity contribution is 6.33. The van der Waals surface area contributed by atoms with E-state index in [2.05, 4.69) is 24.1 Å². The summed E-state index contributed by atoms with van der Waals surface area (Å²) in [5.41, 5.74) is 2.79. The fourth-order valence-corrected chi connectivity index (χ4v) is 4.04. The van der Waals surface area contributed by atoms with E-state index in [9.17, 15) is 9.59 Å². The lowest BCUT2D eigenvalue weighted by atomic mass is 9.99. The summed E-state index contributed by atoms with van der Waals surface area (Å²) in [5.74, 6) is 1.11. The molecule has 7 heteroatoms. The lowest BCUT2D eigenvalue weighted by molar-refractivity contribution is -0.131. The van der Waals surface area contributed by atoms with Crippen LogP contribution in [0.4, 0.5) is 11.4 Å². The molecule has 3 rings (SSSR count). The molecular weight excluding hydrogens is 426 g/mol. The van der Waals surface area contributed by atoms with E-state index in [0.29, 0.717) is 41.9 Å². The molecule has 1 N–H and O–H groups in total. The standard InChI is InChI=1S/C25H32ClN3O3/c1-4-18(3)19-6-9-21(10-7-19)32-17-24(30)27-20-8-11-23(22(26)16-20)28-12-14-29(15-13-28)25(31)5-2/h6-11,16,18H,4-5,12-15,17H2,1-3H3,(H,27,30)/t18-/m0/s1. The first kappa shape index (κ1) is 23.9. The Balaban J connectivity index is 1.51. The van der Waals surface area contributed by atoms with Crippen molar-refractivity contribution in [2.24, 2.45) is 0 Å². The number of ether oxygens (including phenoxy) is 1. The van der Waals surface area contributed by atoms with Crippen molar-refractivity contribution in [2.45, 2.75) is 39.5 Å². The lowest BCUT2D eigenvalue weighted by Gasteiger charge is -2.36. The van der Waals surface area contributed by atoms with Crippen LogP contribution in [0.15, 0.2) is 42.5 Å². The summed E-state index contributed by atoms with van der Waals surface area (Å²) < 4.78 is 5.61. The van der Waals surface area contributed by atoms with E-state index in [1.165, 1.54) is 5.56 Å². The van der Waals surface area contributed by atoms with Gasteiger partial charge in [-0.1, -0.05) is 44.5 Å². The lowest BCUT2D eigenvalue weighted by Crippen LogP contribution is -2.48. The van der Waals surface area contributed by atoms with Gasteiger partial charge in [0.05, 0.1) is 10.7 Å². The Hall–Kier alpha value is -2.73. The van der Waals surface area contributed by atoms with Crippen molar-refractivity contribution < 1.29 is 14.3 Å². The van der Waals surface area contributed by atoms with E-state index in [-0.39, 0.29) is 18.4 Å². The minimum Gasteiger partial charge on any atom is -0.484 e. The SMILES string of the molecule is CCC(=O)N1CCN(c2ccc(NC(=O)COc3ccc([C@@H](C)CC)cc3)cc2Cl)CC1. The van der Waals surface area contributed by atoms with Crippen molar-refractivity contribution in [3.8, 4) is 5.75 Å². The molecule has 32 heavy (non-hydrogen) atoms. The molecule has 0 aliphatic carbocycles. The van der Waals surface area contributed by atoms with Crippen LogP contribution in [0.5, 0.6) is 5.75 Å². The van der Waals surface area contributed by atoms with Gasteiger partial charge in [-0.05, 0) is 48.2 Å². The molecule has 172 valence electrons. The van der Waals surface area contributed by atoms with Gasteiger partial charge in [0.2, 0.25) is 5.91 Å². The second-order valence-electron chi connectivity index (χ2n) is 8.10. The molecule has 0 aromatic heterocycles. The van der Waals surface area contributed by atoms with E-state index in [1.54, 1.807) is 6.07 Å². The molecule has 2 aromatic carbocycles. The van der Waals surface area contributed by atoms with Crippen LogP contribution in [0, 0.1) is 0 Å². The number of nitrogens with one attached hydrogen (secondary N) is 1. The van der Waals surface area contributed by atoms with E-state index < -0.39 is 0 Å². The Labute approximate surface area is 195 Å². The smallest absolute Gasteiger partial charge is 0.262 e. The zero-order valence-electron chi connectivity index (χ0n) is 19.1. The van der Waals surface area contributed by atoms with Crippen molar-refractivity contribution in [1.82, 2.24) is 4.90 Å². The highest BCUT2D eigenvalue weighted by Gasteiger charge is 2.21. The molecule has 0 spiro atoms. The van der Waals surface area contributed by atoms with Crippen molar-refractivity contribution in [3.63, 3.8) is 0 Å². The van der Waals surface area contributed by atoms with Crippen LogP contribution in [-0.4, -0.2) is 49.5 Å². The topological polar surface area (TPSA) is 61.9 Å². The number of hydrogen-bond donors (Lipinski definition) is 1. The van der Waals surface area contributed by atoms with Crippen LogP contribution < -0.4 is 15.0 Å². The van der Waals surface area contributed by atoms with Crippen LogP contribution in [0.1, 0.15) is 45.1 Å². The zero-order valence-corrected chi connectivity index (χ0v) is 19.8. The molecule has 0 saturated carbocycles. The monoisotopic (exact) mass is 457 g/mol. The normalized spacial score (nSPS) is 14.8. The van der Waals surface area contributed by atoms with Crippen molar-refractivity contribution in [3.05, 3.63) is 53.1 Å². The predicted molar refractivity (Wildman–Crippen MR) is 130 cm³/mol. The first-order chi connectivity index (χ1) is 15.4. The molecule has 0 radical (unpaired) electrons. The molecule has 0 bridgehead atoms. The number of benzene rings is 2. The van der Waals surface area contributed by atoms with Gasteiger partial charge in [-0.15, -0.1) is 0 Å². The first-order valence-electron chi connectivity index (χ1n) is 11.3. The number of nitrogens with zero attached hydrogens (tertiary/aromatic N) is 2. The number of halogens is 1. The summed E-state index contributed by atoms with van der Waals surface area (Å²) in [6.45, 7) is 9.01.